The maximum atomic E-state index is 5.98. The minimum atomic E-state index is 0.333. The van der Waals surface area contributed by atoms with Crippen molar-refractivity contribution in [3.05, 3.63) is 66.6 Å². The second-order valence-corrected chi connectivity index (χ2v) is 8.13. The average molecular weight is 429 g/mol. The maximum absolute atomic E-state index is 5.98. The van der Waals surface area contributed by atoms with Crippen molar-refractivity contribution in [1.82, 2.24) is 14.5 Å². The van der Waals surface area contributed by atoms with E-state index < -0.39 is 0 Å². The van der Waals surface area contributed by atoms with Crippen molar-refractivity contribution in [2.75, 3.05) is 25.1 Å². The van der Waals surface area contributed by atoms with Gasteiger partial charge in [-0.15, -0.1) is 0 Å². The molecule has 3 heterocycles. The number of aromatic nitrogens is 3. The molecule has 1 fully saturated rings. The molecule has 0 radical (unpaired) electrons. The van der Waals surface area contributed by atoms with Gasteiger partial charge in [-0.2, -0.15) is 0 Å². The molecule has 2 aromatic carbocycles. The zero-order valence-electron chi connectivity index (χ0n) is 18.5. The Kier molecular flexibility index (Phi) is 5.77. The SMILES string of the molecule is CCOc1ccccc1-c1cn(-c2cccc(C)c2)c2ncnc(NC3CCOCC3)c12. The molecule has 1 aliphatic heterocycles. The van der Waals surface area contributed by atoms with E-state index in [4.69, 9.17) is 14.5 Å². The lowest BCUT2D eigenvalue weighted by Crippen LogP contribution is -2.28. The van der Waals surface area contributed by atoms with Gasteiger partial charge in [0.15, 0.2) is 5.65 Å². The summed E-state index contributed by atoms with van der Waals surface area (Å²) in [4.78, 5) is 9.38. The quantitative estimate of drug-likeness (QED) is 0.446. The Morgan fingerprint density at radius 2 is 1.91 bits per heavy atom. The van der Waals surface area contributed by atoms with Gasteiger partial charge in [0.05, 0.1) is 12.0 Å². The molecule has 6 nitrogen and oxygen atoms in total. The number of nitrogens with zero attached hydrogens (tertiary/aromatic N) is 3. The molecular weight excluding hydrogens is 400 g/mol. The lowest BCUT2D eigenvalue weighted by atomic mass is 10.0. The molecule has 32 heavy (non-hydrogen) atoms. The largest absolute Gasteiger partial charge is 0.493 e. The van der Waals surface area contributed by atoms with Crippen LogP contribution in [0.1, 0.15) is 25.3 Å². The van der Waals surface area contributed by atoms with E-state index in [1.807, 2.05) is 25.1 Å². The summed E-state index contributed by atoms with van der Waals surface area (Å²) in [6.45, 7) is 6.27. The van der Waals surface area contributed by atoms with Crippen LogP contribution < -0.4 is 10.1 Å². The first-order chi connectivity index (χ1) is 15.7. The average Bonchev–Trinajstić information content (AvgIpc) is 3.21. The van der Waals surface area contributed by atoms with Crippen LogP contribution >= 0.6 is 0 Å². The van der Waals surface area contributed by atoms with Gasteiger partial charge in [-0.1, -0.05) is 30.3 Å². The Morgan fingerprint density at radius 3 is 2.72 bits per heavy atom. The molecule has 1 aliphatic rings. The summed E-state index contributed by atoms with van der Waals surface area (Å²) in [5.74, 6) is 1.72. The van der Waals surface area contributed by atoms with E-state index in [0.717, 1.165) is 65.5 Å². The Balaban J connectivity index is 1.72. The van der Waals surface area contributed by atoms with E-state index in [1.54, 1.807) is 6.33 Å². The molecule has 2 aromatic heterocycles. The van der Waals surface area contributed by atoms with Gasteiger partial charge in [0.25, 0.3) is 0 Å². The third kappa shape index (κ3) is 3.94. The summed E-state index contributed by atoms with van der Waals surface area (Å²) >= 11 is 0. The third-order valence-corrected chi connectivity index (χ3v) is 5.90. The van der Waals surface area contributed by atoms with Crippen LogP contribution in [0.2, 0.25) is 0 Å². The number of hydrogen-bond acceptors (Lipinski definition) is 5. The summed E-state index contributed by atoms with van der Waals surface area (Å²) in [6, 6.07) is 17.0. The summed E-state index contributed by atoms with van der Waals surface area (Å²) in [5, 5.41) is 4.68. The van der Waals surface area contributed by atoms with Crippen LogP contribution in [-0.2, 0) is 4.74 Å². The van der Waals surface area contributed by atoms with Gasteiger partial charge in [-0.25, -0.2) is 9.97 Å². The van der Waals surface area contributed by atoms with Gasteiger partial charge in [0.1, 0.15) is 17.9 Å². The number of benzene rings is 2. The second kappa shape index (κ2) is 9.01. The highest BCUT2D eigenvalue weighted by molar-refractivity contribution is 6.03. The van der Waals surface area contributed by atoms with Crippen LogP contribution in [0.4, 0.5) is 5.82 Å². The molecule has 0 spiro atoms. The molecule has 0 amide bonds. The van der Waals surface area contributed by atoms with E-state index in [2.05, 4.69) is 58.3 Å². The van der Waals surface area contributed by atoms with E-state index in [0.29, 0.717) is 12.6 Å². The zero-order chi connectivity index (χ0) is 21.9. The molecule has 6 heteroatoms. The van der Waals surface area contributed by atoms with Gasteiger partial charge < -0.3 is 19.4 Å². The Bertz CT molecular complexity index is 1230. The molecule has 164 valence electrons. The minimum Gasteiger partial charge on any atom is -0.493 e. The molecule has 0 saturated carbocycles. The first-order valence-corrected chi connectivity index (χ1v) is 11.2. The van der Waals surface area contributed by atoms with Crippen molar-refractivity contribution >= 4 is 16.9 Å². The Labute approximate surface area is 188 Å². The summed E-state index contributed by atoms with van der Waals surface area (Å²) in [5.41, 5.74) is 5.25. The number of para-hydroxylation sites is 1. The number of anilines is 1. The fraction of sp³-hybridized carbons (Fsp3) is 0.308. The van der Waals surface area contributed by atoms with Crippen LogP contribution in [0.5, 0.6) is 5.75 Å². The summed E-state index contributed by atoms with van der Waals surface area (Å²) < 4.78 is 13.7. The van der Waals surface area contributed by atoms with Gasteiger partial charge >= 0.3 is 0 Å². The van der Waals surface area contributed by atoms with Crippen molar-refractivity contribution in [3.63, 3.8) is 0 Å². The monoisotopic (exact) mass is 428 g/mol. The van der Waals surface area contributed by atoms with Crippen LogP contribution in [0.25, 0.3) is 27.8 Å². The first-order valence-electron chi connectivity index (χ1n) is 11.2. The first kappa shape index (κ1) is 20.5. The summed E-state index contributed by atoms with van der Waals surface area (Å²) in [7, 11) is 0. The van der Waals surface area contributed by atoms with Gasteiger partial charge in [0, 0.05) is 42.3 Å². The lowest BCUT2D eigenvalue weighted by molar-refractivity contribution is 0.0904. The van der Waals surface area contributed by atoms with Crippen molar-refractivity contribution in [2.24, 2.45) is 0 Å². The standard InChI is InChI=1S/C26H28N4O2/c1-3-32-23-10-5-4-9-21(23)22-16-30(20-8-6-7-18(2)15-20)26-24(22)25(27-17-28-26)29-19-11-13-31-14-12-19/h4-10,15-17,19H,3,11-14H2,1-2H3,(H,27,28,29). The highest BCUT2D eigenvalue weighted by atomic mass is 16.5. The van der Waals surface area contributed by atoms with Crippen LogP contribution in [-0.4, -0.2) is 40.4 Å². The van der Waals surface area contributed by atoms with E-state index in [-0.39, 0.29) is 0 Å². The predicted octanol–water partition coefficient (Wildman–Crippen LogP) is 5.39. The fourth-order valence-corrected chi connectivity index (χ4v) is 4.36. The number of aryl methyl sites for hydroxylation is 1. The normalized spacial score (nSPS) is 14.6. The second-order valence-electron chi connectivity index (χ2n) is 8.13. The molecule has 4 aromatic rings. The van der Waals surface area contributed by atoms with E-state index >= 15 is 0 Å². The number of hydrogen-bond donors (Lipinski definition) is 1. The molecule has 1 N–H and O–H groups in total. The topological polar surface area (TPSA) is 61.2 Å². The minimum absolute atomic E-state index is 0.333. The van der Waals surface area contributed by atoms with Crippen molar-refractivity contribution < 1.29 is 9.47 Å². The molecule has 5 rings (SSSR count). The third-order valence-electron chi connectivity index (χ3n) is 5.90. The maximum Gasteiger partial charge on any atom is 0.150 e. The molecule has 1 saturated heterocycles. The fourth-order valence-electron chi connectivity index (χ4n) is 4.36. The van der Waals surface area contributed by atoms with Gasteiger partial charge in [-0.3, -0.25) is 0 Å². The molecule has 0 aliphatic carbocycles. The van der Waals surface area contributed by atoms with Crippen LogP contribution in [0.3, 0.4) is 0 Å². The van der Waals surface area contributed by atoms with Crippen molar-refractivity contribution in [1.29, 1.82) is 0 Å². The van der Waals surface area contributed by atoms with E-state index in [1.165, 1.54) is 5.56 Å². The van der Waals surface area contributed by atoms with E-state index in [9.17, 15) is 0 Å². The Morgan fingerprint density at radius 1 is 1.06 bits per heavy atom. The smallest absolute Gasteiger partial charge is 0.150 e. The molecule has 0 atom stereocenters. The highest BCUT2D eigenvalue weighted by Gasteiger charge is 2.22. The Hall–Kier alpha value is -3.38. The number of nitrogens with one attached hydrogen (secondary N) is 1. The molecule has 0 unspecified atom stereocenters. The number of fused-ring (bicyclic) bond motifs is 1. The number of rotatable bonds is 6. The zero-order valence-corrected chi connectivity index (χ0v) is 18.5. The van der Waals surface area contributed by atoms with Gasteiger partial charge in [0.2, 0.25) is 0 Å². The van der Waals surface area contributed by atoms with Crippen LogP contribution in [0.15, 0.2) is 61.1 Å². The molecular formula is C26H28N4O2. The lowest BCUT2D eigenvalue weighted by Gasteiger charge is -2.24. The molecule has 0 bridgehead atoms. The van der Waals surface area contributed by atoms with Crippen molar-refractivity contribution in [2.45, 2.75) is 32.7 Å². The highest BCUT2D eigenvalue weighted by Crippen LogP contribution is 2.40. The summed E-state index contributed by atoms with van der Waals surface area (Å²) in [6.07, 6.45) is 5.74. The van der Waals surface area contributed by atoms with Crippen LogP contribution in [0, 0.1) is 6.92 Å². The predicted molar refractivity (Wildman–Crippen MR) is 128 cm³/mol. The number of ether oxygens (including phenoxy) is 2. The van der Waals surface area contributed by atoms with Gasteiger partial charge in [-0.05, 0) is 50.5 Å². The van der Waals surface area contributed by atoms with Crippen molar-refractivity contribution in [3.8, 4) is 22.6 Å².